The Morgan fingerprint density at radius 1 is 1.00 bits per heavy atom. The molecule has 2 amide bonds. The van der Waals surface area contributed by atoms with Crippen molar-refractivity contribution in [1.82, 2.24) is 14.8 Å². The third kappa shape index (κ3) is 3.48. The number of nitriles is 1. The number of likely N-dealkylation sites (tertiary alicyclic amines) is 1. The van der Waals surface area contributed by atoms with Gasteiger partial charge in [0.15, 0.2) is 0 Å². The van der Waals surface area contributed by atoms with E-state index < -0.39 is 5.54 Å². The van der Waals surface area contributed by atoms with Crippen molar-refractivity contribution in [3.63, 3.8) is 0 Å². The van der Waals surface area contributed by atoms with E-state index in [2.05, 4.69) is 29.3 Å². The van der Waals surface area contributed by atoms with Crippen LogP contribution in [0.15, 0.2) is 59.6 Å². The van der Waals surface area contributed by atoms with Crippen molar-refractivity contribution in [3.8, 4) is 17.2 Å². The highest BCUT2D eigenvalue weighted by Gasteiger charge is 2.57. The third-order valence-electron chi connectivity index (χ3n) is 7.86. The fraction of sp³-hybridized carbons (Fsp3) is 0.345. The summed E-state index contributed by atoms with van der Waals surface area (Å²) in [5.74, 6) is 1.73. The predicted octanol–water partition coefficient (Wildman–Crippen LogP) is 3.76. The quantitative estimate of drug-likeness (QED) is 0.562. The number of amides is 2. The molecule has 2 aliphatic heterocycles. The molecule has 178 valence electrons. The molecule has 36 heavy (non-hydrogen) atoms. The van der Waals surface area contributed by atoms with Crippen LogP contribution in [-0.4, -0.2) is 57.6 Å². The molecule has 0 N–H and O–H groups in total. The van der Waals surface area contributed by atoms with Crippen molar-refractivity contribution in [1.29, 1.82) is 5.26 Å². The molecule has 1 aromatic heterocycles. The highest BCUT2D eigenvalue weighted by molar-refractivity contribution is 6.16. The average Bonchev–Trinajstić information content (AvgIpc) is 3.81. The number of nitrogens with zero attached hydrogens (tertiary/aromatic N) is 5. The number of carbonyl (C=O) groups excluding carboxylic acids is 2. The van der Waals surface area contributed by atoms with Crippen LogP contribution in [0, 0.1) is 23.2 Å². The maximum Gasteiger partial charge on any atom is 0.256 e. The monoisotopic (exact) mass is 475 g/mol. The van der Waals surface area contributed by atoms with E-state index in [9.17, 15) is 9.59 Å². The van der Waals surface area contributed by atoms with Crippen molar-refractivity contribution in [2.45, 2.75) is 31.2 Å². The van der Waals surface area contributed by atoms with Crippen molar-refractivity contribution in [2.75, 3.05) is 19.6 Å². The van der Waals surface area contributed by atoms with Crippen molar-refractivity contribution >= 4 is 28.6 Å². The predicted molar refractivity (Wildman–Crippen MR) is 135 cm³/mol. The number of pyridine rings is 1. The van der Waals surface area contributed by atoms with Gasteiger partial charge >= 0.3 is 0 Å². The van der Waals surface area contributed by atoms with Gasteiger partial charge in [-0.2, -0.15) is 5.26 Å². The maximum atomic E-state index is 13.2. The first-order valence-electron chi connectivity index (χ1n) is 12.7. The molecule has 0 atom stereocenters. The molecule has 4 aliphatic rings. The number of hydrogen-bond acceptors (Lipinski definition) is 5. The SMILES string of the molecule is N#Cc1ccc2cc(-c3ccc(C4=NC5(CC5)C(=O)N4CC4CN(C(=O)C5CC5)C4)cc3)ccc2n1. The summed E-state index contributed by atoms with van der Waals surface area (Å²) in [5.41, 5.74) is 3.74. The highest BCUT2D eigenvalue weighted by Crippen LogP contribution is 2.46. The van der Waals surface area contributed by atoms with Crippen molar-refractivity contribution in [3.05, 3.63) is 65.9 Å². The molecule has 1 spiro atoms. The number of benzene rings is 2. The molecule has 0 unspecified atom stereocenters. The highest BCUT2D eigenvalue weighted by atomic mass is 16.2. The van der Waals surface area contributed by atoms with E-state index in [1.54, 1.807) is 6.07 Å². The van der Waals surface area contributed by atoms with E-state index in [0.29, 0.717) is 18.2 Å². The first-order valence-corrected chi connectivity index (χ1v) is 12.7. The molecular weight excluding hydrogens is 450 g/mol. The second-order valence-corrected chi connectivity index (χ2v) is 10.6. The summed E-state index contributed by atoms with van der Waals surface area (Å²) in [7, 11) is 0. The average molecular weight is 476 g/mol. The van der Waals surface area contributed by atoms with E-state index in [1.807, 2.05) is 40.1 Å². The lowest BCUT2D eigenvalue weighted by Crippen LogP contribution is -2.55. The Hall–Kier alpha value is -4.05. The van der Waals surface area contributed by atoms with Gasteiger partial charge in [0.25, 0.3) is 5.91 Å². The molecule has 0 bridgehead atoms. The summed E-state index contributed by atoms with van der Waals surface area (Å²) in [5, 5.41) is 10.1. The summed E-state index contributed by atoms with van der Waals surface area (Å²) in [4.78, 5) is 38.6. The topological polar surface area (TPSA) is 89.7 Å². The lowest BCUT2D eigenvalue weighted by Gasteiger charge is -2.41. The molecule has 3 fully saturated rings. The van der Waals surface area contributed by atoms with Gasteiger partial charge in [-0.3, -0.25) is 19.5 Å². The third-order valence-corrected chi connectivity index (χ3v) is 7.86. The molecular formula is C29H25N5O2. The van der Waals surface area contributed by atoms with E-state index >= 15 is 0 Å². The summed E-state index contributed by atoms with van der Waals surface area (Å²) in [6.07, 6.45) is 3.69. The Balaban J connectivity index is 1.11. The first kappa shape index (κ1) is 21.3. The number of fused-ring (bicyclic) bond motifs is 1. The minimum atomic E-state index is -0.547. The van der Waals surface area contributed by atoms with Crippen molar-refractivity contribution in [2.24, 2.45) is 16.8 Å². The summed E-state index contributed by atoms with van der Waals surface area (Å²) >= 11 is 0. The molecule has 0 radical (unpaired) electrons. The van der Waals surface area contributed by atoms with E-state index in [4.69, 9.17) is 10.3 Å². The fourth-order valence-electron chi connectivity index (χ4n) is 5.38. The van der Waals surface area contributed by atoms with E-state index in [1.165, 1.54) is 0 Å². The van der Waals surface area contributed by atoms with Gasteiger partial charge in [-0.1, -0.05) is 30.3 Å². The Morgan fingerprint density at radius 2 is 1.72 bits per heavy atom. The standard InChI is InChI=1S/C29H25N5O2/c30-14-24-9-7-23-13-22(8-10-25(23)31-24)19-1-3-20(4-2-19)26-32-29(11-12-29)28(36)34(26)17-18-15-33(16-18)27(35)21-5-6-21/h1-4,7-10,13,18,21H,5-6,11-12,15-17H2. The lowest BCUT2D eigenvalue weighted by atomic mass is 9.97. The van der Waals surface area contributed by atoms with Crippen LogP contribution in [0.2, 0.25) is 0 Å². The van der Waals surface area contributed by atoms with Crippen LogP contribution >= 0.6 is 0 Å². The Bertz CT molecular complexity index is 1490. The van der Waals surface area contributed by atoms with Gasteiger partial charge in [0.05, 0.1) is 5.52 Å². The van der Waals surface area contributed by atoms with Gasteiger partial charge in [0.1, 0.15) is 23.1 Å². The molecule has 2 aromatic carbocycles. The van der Waals surface area contributed by atoms with Gasteiger partial charge in [0, 0.05) is 42.4 Å². The molecule has 1 saturated heterocycles. The second-order valence-electron chi connectivity index (χ2n) is 10.6. The molecule has 2 saturated carbocycles. The summed E-state index contributed by atoms with van der Waals surface area (Å²) in [6, 6.07) is 20.0. The lowest BCUT2D eigenvalue weighted by molar-refractivity contribution is -0.139. The van der Waals surface area contributed by atoms with Gasteiger partial charge in [-0.15, -0.1) is 0 Å². The van der Waals surface area contributed by atoms with Gasteiger partial charge in [0.2, 0.25) is 5.91 Å². The normalized spacial score (nSPS) is 20.4. The van der Waals surface area contributed by atoms with Crippen LogP contribution in [0.5, 0.6) is 0 Å². The Kier molecular flexibility index (Phi) is 4.56. The number of aliphatic imine (C=N–C) groups is 1. The number of hydrogen-bond donors (Lipinski definition) is 0. The minimum absolute atomic E-state index is 0.118. The smallest absolute Gasteiger partial charge is 0.256 e. The zero-order valence-corrected chi connectivity index (χ0v) is 19.9. The Morgan fingerprint density at radius 3 is 2.42 bits per heavy atom. The molecule has 3 heterocycles. The molecule has 7 heteroatoms. The minimum Gasteiger partial charge on any atom is -0.342 e. The summed E-state index contributed by atoms with van der Waals surface area (Å²) < 4.78 is 0. The fourth-order valence-corrected chi connectivity index (χ4v) is 5.38. The molecule has 7 rings (SSSR count). The maximum absolute atomic E-state index is 13.2. The molecule has 2 aliphatic carbocycles. The van der Waals surface area contributed by atoms with Crippen LogP contribution in [-0.2, 0) is 9.59 Å². The number of aromatic nitrogens is 1. The van der Waals surface area contributed by atoms with E-state index in [0.717, 1.165) is 72.2 Å². The second kappa shape index (κ2) is 7.72. The Labute approximate surface area is 209 Å². The zero-order valence-electron chi connectivity index (χ0n) is 19.9. The molecule has 7 nitrogen and oxygen atoms in total. The van der Waals surface area contributed by atoms with Crippen LogP contribution in [0.4, 0.5) is 0 Å². The number of amidine groups is 1. The van der Waals surface area contributed by atoms with Gasteiger partial charge < -0.3 is 4.90 Å². The van der Waals surface area contributed by atoms with Crippen LogP contribution in [0.25, 0.3) is 22.0 Å². The molecule has 3 aromatic rings. The number of carbonyl (C=O) groups is 2. The van der Waals surface area contributed by atoms with Crippen LogP contribution in [0.1, 0.15) is 36.9 Å². The van der Waals surface area contributed by atoms with Gasteiger partial charge in [-0.05, 0) is 61.1 Å². The zero-order chi connectivity index (χ0) is 24.4. The number of rotatable bonds is 5. The van der Waals surface area contributed by atoms with Crippen molar-refractivity contribution < 1.29 is 9.59 Å². The first-order chi connectivity index (χ1) is 17.5. The summed E-state index contributed by atoms with van der Waals surface area (Å²) in [6.45, 7) is 2.11. The van der Waals surface area contributed by atoms with E-state index in [-0.39, 0.29) is 17.7 Å². The van der Waals surface area contributed by atoms with Crippen LogP contribution in [0.3, 0.4) is 0 Å². The largest absolute Gasteiger partial charge is 0.342 e. The van der Waals surface area contributed by atoms with Crippen LogP contribution < -0.4 is 0 Å². The van der Waals surface area contributed by atoms with Gasteiger partial charge in [-0.25, -0.2) is 4.98 Å².